The first-order chi connectivity index (χ1) is 7.20. The number of nitrogens with one attached hydrogen (secondary N) is 2. The van der Waals surface area contributed by atoms with Crippen molar-refractivity contribution in [1.82, 2.24) is 20.2 Å². The monoisotopic (exact) mass is 210 g/mol. The average molecular weight is 210 g/mol. The van der Waals surface area contributed by atoms with Gasteiger partial charge in [-0.05, 0) is 13.5 Å². The van der Waals surface area contributed by atoms with Crippen molar-refractivity contribution in [3.8, 4) is 0 Å². The number of carbonyl (C=O) groups excluding carboxylic acids is 1. The lowest BCUT2D eigenvalue weighted by Gasteiger charge is -2.15. The molecule has 0 aromatic carbocycles. The van der Waals surface area contributed by atoms with Crippen LogP contribution in [0.15, 0.2) is 12.5 Å². The van der Waals surface area contributed by atoms with Gasteiger partial charge in [0.1, 0.15) is 6.04 Å². The topological polar surface area (TPSA) is 59.0 Å². The summed E-state index contributed by atoms with van der Waals surface area (Å²) in [7, 11) is 1.64. The van der Waals surface area contributed by atoms with Crippen molar-refractivity contribution in [3.05, 3.63) is 18.2 Å². The Morgan fingerprint density at radius 2 is 2.40 bits per heavy atom. The van der Waals surface area contributed by atoms with E-state index in [0.29, 0.717) is 0 Å². The fourth-order valence-electron chi connectivity index (χ4n) is 1.41. The molecular weight excluding hydrogens is 192 g/mol. The zero-order chi connectivity index (χ0) is 11.3. The van der Waals surface area contributed by atoms with Gasteiger partial charge in [-0.3, -0.25) is 4.79 Å². The number of carbonyl (C=O) groups is 1. The third kappa shape index (κ3) is 2.79. The second kappa shape index (κ2) is 5.50. The molecule has 0 radical (unpaired) electrons. The Bertz CT molecular complexity index is 321. The fraction of sp³-hybridized carbons (Fsp3) is 0.600. The summed E-state index contributed by atoms with van der Waals surface area (Å²) in [6.45, 7) is 5.54. The maximum atomic E-state index is 11.5. The molecule has 0 fully saturated rings. The molecule has 5 nitrogen and oxygen atoms in total. The van der Waals surface area contributed by atoms with Crippen LogP contribution in [-0.2, 0) is 11.3 Å². The van der Waals surface area contributed by atoms with Gasteiger partial charge in [0, 0.05) is 19.8 Å². The zero-order valence-electron chi connectivity index (χ0n) is 9.45. The lowest BCUT2D eigenvalue weighted by molar-refractivity contribution is -0.123. The van der Waals surface area contributed by atoms with Gasteiger partial charge in [0.2, 0.25) is 5.91 Å². The number of hydrogen-bond donors (Lipinski definition) is 2. The molecular formula is C10H18N4O. The number of hydrogen-bond acceptors (Lipinski definition) is 3. The number of likely N-dealkylation sites (N-methyl/N-ethyl adjacent to an activating group) is 1. The first-order valence-corrected chi connectivity index (χ1v) is 5.13. The number of rotatable bonds is 5. The van der Waals surface area contributed by atoms with E-state index in [-0.39, 0.29) is 11.9 Å². The van der Waals surface area contributed by atoms with Crippen LogP contribution >= 0.6 is 0 Å². The molecule has 0 bridgehead atoms. The Hall–Kier alpha value is -1.36. The van der Waals surface area contributed by atoms with Crippen LogP contribution in [0, 0.1) is 0 Å². The predicted molar refractivity (Wildman–Crippen MR) is 58.4 cm³/mol. The van der Waals surface area contributed by atoms with Gasteiger partial charge in [-0.25, -0.2) is 4.98 Å². The molecule has 1 heterocycles. The van der Waals surface area contributed by atoms with Crippen LogP contribution < -0.4 is 10.6 Å². The van der Waals surface area contributed by atoms with Crippen molar-refractivity contribution in [2.75, 3.05) is 13.6 Å². The number of nitrogens with zero attached hydrogens (tertiary/aromatic N) is 2. The molecule has 0 aliphatic rings. The van der Waals surface area contributed by atoms with E-state index in [4.69, 9.17) is 0 Å². The fourth-order valence-corrected chi connectivity index (χ4v) is 1.41. The van der Waals surface area contributed by atoms with Crippen LogP contribution in [0.4, 0.5) is 0 Å². The summed E-state index contributed by atoms with van der Waals surface area (Å²) in [5.41, 5.74) is 1.02. The summed E-state index contributed by atoms with van der Waals surface area (Å²) in [4.78, 5) is 15.5. The molecule has 0 saturated carbocycles. The SMILES string of the molecule is CCNCc1cncn1C(C)C(=O)NC. The average Bonchev–Trinajstić information content (AvgIpc) is 2.72. The quantitative estimate of drug-likeness (QED) is 0.735. The molecule has 1 unspecified atom stereocenters. The van der Waals surface area contributed by atoms with Gasteiger partial charge in [-0.1, -0.05) is 6.92 Å². The molecule has 1 aromatic rings. The van der Waals surface area contributed by atoms with E-state index in [2.05, 4.69) is 15.6 Å². The van der Waals surface area contributed by atoms with Crippen molar-refractivity contribution >= 4 is 5.91 Å². The van der Waals surface area contributed by atoms with Crippen LogP contribution in [0.3, 0.4) is 0 Å². The third-order valence-electron chi connectivity index (χ3n) is 2.35. The largest absolute Gasteiger partial charge is 0.357 e. The maximum absolute atomic E-state index is 11.5. The minimum Gasteiger partial charge on any atom is -0.357 e. The molecule has 1 aromatic heterocycles. The second-order valence-electron chi connectivity index (χ2n) is 3.36. The Morgan fingerprint density at radius 3 is 3.00 bits per heavy atom. The molecule has 1 rings (SSSR count). The van der Waals surface area contributed by atoms with Crippen LogP contribution in [0.2, 0.25) is 0 Å². The van der Waals surface area contributed by atoms with Crippen molar-refractivity contribution < 1.29 is 4.79 Å². The van der Waals surface area contributed by atoms with Crippen LogP contribution in [0.1, 0.15) is 25.6 Å². The van der Waals surface area contributed by atoms with Crippen molar-refractivity contribution in [1.29, 1.82) is 0 Å². The molecule has 84 valence electrons. The summed E-state index contributed by atoms with van der Waals surface area (Å²) in [6, 6.07) is -0.217. The highest BCUT2D eigenvalue weighted by molar-refractivity contribution is 5.79. The van der Waals surface area contributed by atoms with Crippen molar-refractivity contribution in [2.24, 2.45) is 0 Å². The summed E-state index contributed by atoms with van der Waals surface area (Å²) >= 11 is 0. The van der Waals surface area contributed by atoms with E-state index in [1.165, 1.54) is 0 Å². The van der Waals surface area contributed by atoms with E-state index < -0.39 is 0 Å². The minimum absolute atomic E-state index is 0.00857. The van der Waals surface area contributed by atoms with Crippen LogP contribution in [-0.4, -0.2) is 29.1 Å². The van der Waals surface area contributed by atoms with Crippen LogP contribution in [0.25, 0.3) is 0 Å². The molecule has 2 N–H and O–H groups in total. The molecule has 5 heteroatoms. The molecule has 1 amide bonds. The van der Waals surface area contributed by atoms with Gasteiger partial charge in [0.15, 0.2) is 0 Å². The highest BCUT2D eigenvalue weighted by Crippen LogP contribution is 2.09. The lowest BCUT2D eigenvalue weighted by atomic mass is 10.3. The highest BCUT2D eigenvalue weighted by Gasteiger charge is 2.15. The zero-order valence-corrected chi connectivity index (χ0v) is 9.45. The Morgan fingerprint density at radius 1 is 1.67 bits per heavy atom. The van der Waals surface area contributed by atoms with E-state index in [0.717, 1.165) is 18.8 Å². The molecule has 0 spiro atoms. The predicted octanol–water partition coefficient (Wildman–Crippen LogP) is 0.300. The summed E-state index contributed by atoms with van der Waals surface area (Å²) in [5, 5.41) is 5.84. The first kappa shape index (κ1) is 11.7. The highest BCUT2D eigenvalue weighted by atomic mass is 16.2. The Labute approximate surface area is 89.9 Å². The minimum atomic E-state index is -0.217. The van der Waals surface area contributed by atoms with Crippen molar-refractivity contribution in [2.45, 2.75) is 26.4 Å². The summed E-state index contributed by atoms with van der Waals surface area (Å²) < 4.78 is 1.88. The first-order valence-electron chi connectivity index (χ1n) is 5.13. The van der Waals surface area contributed by atoms with Gasteiger partial charge in [0.25, 0.3) is 0 Å². The van der Waals surface area contributed by atoms with Gasteiger partial charge in [0.05, 0.1) is 12.0 Å². The Balaban J connectivity index is 2.75. The van der Waals surface area contributed by atoms with E-state index in [1.54, 1.807) is 19.6 Å². The molecule has 15 heavy (non-hydrogen) atoms. The summed E-state index contributed by atoms with van der Waals surface area (Å²) in [6.07, 6.45) is 3.47. The summed E-state index contributed by atoms with van der Waals surface area (Å²) in [5.74, 6) is -0.00857. The van der Waals surface area contributed by atoms with Crippen LogP contribution in [0.5, 0.6) is 0 Å². The van der Waals surface area contributed by atoms with Crippen molar-refractivity contribution in [3.63, 3.8) is 0 Å². The number of amides is 1. The third-order valence-corrected chi connectivity index (χ3v) is 2.35. The second-order valence-corrected chi connectivity index (χ2v) is 3.36. The van der Waals surface area contributed by atoms with Gasteiger partial charge >= 0.3 is 0 Å². The van der Waals surface area contributed by atoms with Gasteiger partial charge < -0.3 is 15.2 Å². The Kier molecular flexibility index (Phi) is 4.30. The maximum Gasteiger partial charge on any atom is 0.242 e. The number of imidazole rings is 1. The lowest BCUT2D eigenvalue weighted by Crippen LogP contribution is -2.29. The van der Waals surface area contributed by atoms with Gasteiger partial charge in [-0.2, -0.15) is 0 Å². The molecule has 0 aliphatic carbocycles. The standard InChI is InChI=1S/C10H18N4O/c1-4-12-5-9-6-13-7-14(9)8(2)10(15)11-3/h6-8,12H,4-5H2,1-3H3,(H,11,15). The molecule has 1 atom stereocenters. The van der Waals surface area contributed by atoms with E-state index >= 15 is 0 Å². The van der Waals surface area contributed by atoms with E-state index in [9.17, 15) is 4.79 Å². The smallest absolute Gasteiger partial charge is 0.242 e. The van der Waals surface area contributed by atoms with E-state index in [1.807, 2.05) is 18.4 Å². The van der Waals surface area contributed by atoms with Gasteiger partial charge in [-0.15, -0.1) is 0 Å². The normalized spacial score (nSPS) is 12.5. The number of aromatic nitrogens is 2. The molecule has 0 aliphatic heterocycles. The molecule has 0 saturated heterocycles.